The van der Waals surface area contributed by atoms with Gasteiger partial charge in [0.15, 0.2) is 5.13 Å². The fraction of sp³-hybridized carbons (Fsp3) is 0.227. The van der Waals surface area contributed by atoms with Gasteiger partial charge in [-0.3, -0.25) is 9.69 Å². The number of anilines is 1. The van der Waals surface area contributed by atoms with Crippen molar-refractivity contribution in [3.8, 4) is 0 Å². The molecule has 0 fully saturated rings. The topological polar surface area (TPSA) is 51.0 Å². The molecular formula is C22H22BrClN4OS. The Labute approximate surface area is 194 Å². The first kappa shape index (κ1) is 22.5. The van der Waals surface area contributed by atoms with Crippen LogP contribution in [-0.4, -0.2) is 27.0 Å². The molecule has 0 saturated heterocycles. The van der Waals surface area contributed by atoms with E-state index in [1.165, 1.54) is 11.1 Å². The number of nitrogens with zero attached hydrogens (tertiary/aromatic N) is 4. The number of imidazole rings is 1. The van der Waals surface area contributed by atoms with E-state index in [-0.39, 0.29) is 18.3 Å². The molecule has 8 heteroatoms. The highest BCUT2D eigenvalue weighted by atomic mass is 79.9. The first-order valence-corrected chi connectivity index (χ1v) is 11.0. The van der Waals surface area contributed by atoms with Crippen molar-refractivity contribution in [2.75, 3.05) is 11.4 Å². The van der Waals surface area contributed by atoms with E-state index in [2.05, 4.69) is 46.9 Å². The Balaban J connectivity index is 0.00000256. The zero-order chi connectivity index (χ0) is 20.4. The summed E-state index contributed by atoms with van der Waals surface area (Å²) in [4.78, 5) is 24.1. The normalized spacial score (nSPS) is 10.8. The second-order valence-corrected chi connectivity index (χ2v) is 8.90. The van der Waals surface area contributed by atoms with Crippen LogP contribution in [-0.2, 0) is 6.54 Å². The van der Waals surface area contributed by atoms with Crippen molar-refractivity contribution >= 4 is 60.9 Å². The van der Waals surface area contributed by atoms with E-state index in [1.54, 1.807) is 28.8 Å². The van der Waals surface area contributed by atoms with E-state index in [4.69, 9.17) is 4.98 Å². The Bertz CT molecular complexity index is 1160. The predicted octanol–water partition coefficient (Wildman–Crippen LogP) is 6.03. The zero-order valence-corrected chi connectivity index (χ0v) is 19.9. The number of carbonyl (C=O) groups excluding carboxylic acids is 1. The molecule has 0 atom stereocenters. The Morgan fingerprint density at radius 1 is 1.23 bits per heavy atom. The summed E-state index contributed by atoms with van der Waals surface area (Å²) in [6.07, 6.45) is 6.31. The highest BCUT2D eigenvalue weighted by molar-refractivity contribution is 9.10. The molecule has 4 rings (SSSR count). The summed E-state index contributed by atoms with van der Waals surface area (Å²) >= 11 is 5.03. The SMILES string of the molecule is Cc1ccc2sc(N(CCCn3ccnc3)C(=O)c3cccc(Br)c3)nc2c1C.Cl. The number of aryl methyl sites for hydroxylation is 3. The smallest absolute Gasteiger partial charge is 0.260 e. The third-order valence-corrected chi connectivity index (χ3v) is 6.52. The molecule has 156 valence electrons. The molecule has 2 aromatic carbocycles. The van der Waals surface area contributed by atoms with Crippen LogP contribution in [0.25, 0.3) is 10.2 Å². The fourth-order valence-electron chi connectivity index (χ4n) is 3.22. The van der Waals surface area contributed by atoms with Gasteiger partial charge in [-0.25, -0.2) is 9.97 Å². The van der Waals surface area contributed by atoms with Crippen LogP contribution in [0.5, 0.6) is 0 Å². The van der Waals surface area contributed by atoms with Crippen molar-refractivity contribution in [2.24, 2.45) is 0 Å². The molecule has 0 unspecified atom stereocenters. The van der Waals surface area contributed by atoms with E-state index in [0.717, 1.165) is 32.8 Å². The molecule has 0 radical (unpaired) electrons. The fourth-order valence-corrected chi connectivity index (χ4v) is 4.67. The standard InChI is InChI=1S/C22H21BrN4OS.ClH/c1-15-7-8-19-20(16(15)2)25-22(29-19)27(11-4-10-26-12-9-24-14-26)21(28)17-5-3-6-18(23)13-17;/h3,5-9,12-14H,4,10-11H2,1-2H3;1H. The third-order valence-electron chi connectivity index (χ3n) is 4.98. The highest BCUT2D eigenvalue weighted by Crippen LogP contribution is 2.33. The van der Waals surface area contributed by atoms with Crippen molar-refractivity contribution in [2.45, 2.75) is 26.8 Å². The van der Waals surface area contributed by atoms with Gasteiger partial charge in [0.05, 0.1) is 16.5 Å². The first-order valence-electron chi connectivity index (χ1n) is 9.43. The van der Waals surface area contributed by atoms with Gasteiger partial charge < -0.3 is 4.57 Å². The molecule has 30 heavy (non-hydrogen) atoms. The average Bonchev–Trinajstić information content (AvgIpc) is 3.38. The van der Waals surface area contributed by atoms with E-state index in [9.17, 15) is 4.79 Å². The molecule has 2 aromatic heterocycles. The van der Waals surface area contributed by atoms with Gasteiger partial charge in [-0.05, 0) is 55.7 Å². The lowest BCUT2D eigenvalue weighted by Crippen LogP contribution is -2.32. The van der Waals surface area contributed by atoms with Crippen LogP contribution in [0.15, 0.2) is 59.6 Å². The summed E-state index contributed by atoms with van der Waals surface area (Å²) in [5, 5.41) is 0.740. The molecule has 0 bridgehead atoms. The molecule has 0 aliphatic heterocycles. The summed E-state index contributed by atoms with van der Waals surface area (Å²) in [7, 11) is 0. The number of amides is 1. The second kappa shape index (κ2) is 9.73. The summed E-state index contributed by atoms with van der Waals surface area (Å²) in [5.74, 6) is -0.0367. The molecule has 2 heterocycles. The van der Waals surface area contributed by atoms with E-state index in [0.29, 0.717) is 12.1 Å². The molecule has 0 aliphatic carbocycles. The number of aromatic nitrogens is 3. The molecule has 0 spiro atoms. The lowest BCUT2D eigenvalue weighted by Gasteiger charge is -2.20. The van der Waals surface area contributed by atoms with Gasteiger partial charge in [-0.1, -0.05) is 39.4 Å². The lowest BCUT2D eigenvalue weighted by atomic mass is 10.1. The van der Waals surface area contributed by atoms with E-state index in [1.807, 2.05) is 35.0 Å². The molecule has 5 nitrogen and oxygen atoms in total. The van der Waals surface area contributed by atoms with Crippen LogP contribution in [0.2, 0.25) is 0 Å². The van der Waals surface area contributed by atoms with Crippen LogP contribution in [0.4, 0.5) is 5.13 Å². The minimum atomic E-state index is -0.0367. The number of fused-ring (bicyclic) bond motifs is 1. The largest absolute Gasteiger partial charge is 0.337 e. The first-order chi connectivity index (χ1) is 14.0. The monoisotopic (exact) mass is 504 g/mol. The number of thiazole rings is 1. The van der Waals surface area contributed by atoms with Crippen molar-refractivity contribution in [1.82, 2.24) is 14.5 Å². The van der Waals surface area contributed by atoms with E-state index >= 15 is 0 Å². The van der Waals surface area contributed by atoms with Crippen LogP contribution < -0.4 is 4.90 Å². The second-order valence-electron chi connectivity index (χ2n) is 6.97. The van der Waals surface area contributed by atoms with Crippen molar-refractivity contribution in [3.05, 3.63) is 76.3 Å². The van der Waals surface area contributed by atoms with Gasteiger partial charge in [0.1, 0.15) is 0 Å². The highest BCUT2D eigenvalue weighted by Gasteiger charge is 2.22. The van der Waals surface area contributed by atoms with Crippen LogP contribution in [0, 0.1) is 13.8 Å². The molecule has 1 amide bonds. The van der Waals surface area contributed by atoms with E-state index < -0.39 is 0 Å². The van der Waals surface area contributed by atoms with Crippen LogP contribution in [0.1, 0.15) is 27.9 Å². The Morgan fingerprint density at radius 3 is 2.80 bits per heavy atom. The minimum absolute atomic E-state index is 0. The maximum Gasteiger partial charge on any atom is 0.260 e. The summed E-state index contributed by atoms with van der Waals surface area (Å²) in [5.41, 5.74) is 4.00. The molecule has 0 N–H and O–H groups in total. The zero-order valence-electron chi connectivity index (χ0n) is 16.7. The Morgan fingerprint density at radius 2 is 2.07 bits per heavy atom. The third kappa shape index (κ3) is 4.74. The molecule has 0 saturated carbocycles. The number of carbonyl (C=O) groups is 1. The summed E-state index contributed by atoms with van der Waals surface area (Å²) in [6.45, 7) is 5.55. The number of hydrogen-bond acceptors (Lipinski definition) is 4. The van der Waals surface area contributed by atoms with Crippen LogP contribution in [0.3, 0.4) is 0 Å². The van der Waals surface area contributed by atoms with Gasteiger partial charge in [0.2, 0.25) is 0 Å². The Hall–Kier alpha value is -2.22. The maximum absolute atomic E-state index is 13.4. The Kier molecular flexibility index (Phi) is 7.28. The van der Waals surface area contributed by atoms with Crippen molar-refractivity contribution in [3.63, 3.8) is 0 Å². The summed E-state index contributed by atoms with van der Waals surface area (Å²) in [6, 6.07) is 11.7. The van der Waals surface area contributed by atoms with Gasteiger partial charge in [-0.2, -0.15) is 0 Å². The quantitative estimate of drug-likeness (QED) is 0.321. The van der Waals surface area contributed by atoms with Gasteiger partial charge in [0, 0.05) is 35.5 Å². The number of halogens is 2. The predicted molar refractivity (Wildman–Crippen MR) is 129 cm³/mol. The summed E-state index contributed by atoms with van der Waals surface area (Å²) < 4.78 is 4.01. The van der Waals surface area contributed by atoms with Crippen LogP contribution >= 0.6 is 39.7 Å². The number of hydrogen-bond donors (Lipinski definition) is 0. The average molecular weight is 506 g/mol. The molecule has 0 aliphatic rings. The van der Waals surface area contributed by atoms with Gasteiger partial charge >= 0.3 is 0 Å². The molecule has 4 aromatic rings. The van der Waals surface area contributed by atoms with Crippen molar-refractivity contribution < 1.29 is 4.79 Å². The number of rotatable bonds is 6. The lowest BCUT2D eigenvalue weighted by molar-refractivity contribution is 0.0986. The number of benzene rings is 2. The van der Waals surface area contributed by atoms with Crippen molar-refractivity contribution in [1.29, 1.82) is 0 Å². The maximum atomic E-state index is 13.4. The minimum Gasteiger partial charge on any atom is -0.337 e. The van der Waals surface area contributed by atoms with Gasteiger partial charge in [-0.15, -0.1) is 12.4 Å². The molecular weight excluding hydrogens is 484 g/mol. The van der Waals surface area contributed by atoms with Gasteiger partial charge in [0.25, 0.3) is 5.91 Å².